The number of rotatable bonds is 2. The highest BCUT2D eigenvalue weighted by molar-refractivity contribution is 5.88. The van der Waals surface area contributed by atoms with Gasteiger partial charge in [0, 0.05) is 12.6 Å². The van der Waals surface area contributed by atoms with Crippen LogP contribution < -0.4 is 16.0 Å². The lowest BCUT2D eigenvalue weighted by Crippen LogP contribution is -2.49. The molecule has 0 spiro atoms. The molecular weight excluding hydrogens is 262 g/mol. The van der Waals surface area contributed by atoms with Crippen LogP contribution >= 0.6 is 0 Å². The smallest absolute Gasteiger partial charge is 0.244 e. The van der Waals surface area contributed by atoms with E-state index in [0.29, 0.717) is 12.6 Å². The van der Waals surface area contributed by atoms with E-state index in [1.54, 1.807) is 0 Å². The van der Waals surface area contributed by atoms with E-state index in [9.17, 15) is 4.79 Å². The van der Waals surface area contributed by atoms with E-state index in [4.69, 9.17) is 0 Å². The van der Waals surface area contributed by atoms with Gasteiger partial charge in [0.25, 0.3) is 0 Å². The first-order valence-corrected chi connectivity index (χ1v) is 8.12. The summed E-state index contributed by atoms with van der Waals surface area (Å²) < 4.78 is 0. The van der Waals surface area contributed by atoms with Crippen LogP contribution in [0.1, 0.15) is 39.0 Å². The number of anilines is 2. The molecule has 21 heavy (non-hydrogen) atoms. The molecule has 114 valence electrons. The zero-order valence-electron chi connectivity index (χ0n) is 12.7. The first-order chi connectivity index (χ1) is 10.2. The predicted octanol–water partition coefficient (Wildman–Crippen LogP) is 2.98. The number of hydrogen-bond donors (Lipinski definition) is 3. The van der Waals surface area contributed by atoms with Crippen molar-refractivity contribution in [3.63, 3.8) is 0 Å². The first-order valence-electron chi connectivity index (χ1n) is 8.12. The highest BCUT2D eigenvalue weighted by Gasteiger charge is 2.26. The van der Waals surface area contributed by atoms with Crippen LogP contribution in [-0.4, -0.2) is 24.5 Å². The summed E-state index contributed by atoms with van der Waals surface area (Å²) in [6.45, 7) is 2.96. The molecule has 4 heteroatoms. The average molecular weight is 287 g/mol. The molecule has 1 fully saturated rings. The molecule has 1 aliphatic heterocycles. The van der Waals surface area contributed by atoms with Crippen LogP contribution in [0.5, 0.6) is 0 Å². The van der Waals surface area contributed by atoms with E-state index in [1.165, 1.54) is 19.3 Å². The fourth-order valence-electron chi connectivity index (χ4n) is 3.31. The van der Waals surface area contributed by atoms with Gasteiger partial charge in [0.2, 0.25) is 5.91 Å². The largest absolute Gasteiger partial charge is 0.381 e. The molecule has 3 N–H and O–H groups in total. The molecule has 2 aliphatic rings. The van der Waals surface area contributed by atoms with Gasteiger partial charge < -0.3 is 16.0 Å². The Morgan fingerprint density at radius 2 is 1.95 bits per heavy atom. The molecule has 0 saturated heterocycles. The van der Waals surface area contributed by atoms with E-state index in [2.05, 4.69) is 22.9 Å². The molecule has 1 aromatic carbocycles. The number of benzene rings is 1. The zero-order valence-corrected chi connectivity index (χ0v) is 12.7. The van der Waals surface area contributed by atoms with E-state index in [-0.39, 0.29) is 11.9 Å². The van der Waals surface area contributed by atoms with Crippen LogP contribution in [-0.2, 0) is 4.79 Å². The molecule has 4 nitrogen and oxygen atoms in total. The summed E-state index contributed by atoms with van der Waals surface area (Å²) in [4.78, 5) is 12.5. The molecule has 3 rings (SSSR count). The van der Waals surface area contributed by atoms with Crippen LogP contribution in [0.25, 0.3) is 0 Å². The van der Waals surface area contributed by atoms with Crippen LogP contribution in [0, 0.1) is 5.92 Å². The van der Waals surface area contributed by atoms with Crippen LogP contribution in [0.4, 0.5) is 11.4 Å². The van der Waals surface area contributed by atoms with Gasteiger partial charge in [-0.3, -0.25) is 4.79 Å². The number of para-hydroxylation sites is 2. The molecule has 1 aliphatic carbocycles. The van der Waals surface area contributed by atoms with Crippen molar-refractivity contribution in [2.45, 2.75) is 51.1 Å². The lowest BCUT2D eigenvalue weighted by atomic mass is 10.0. The molecule has 3 atom stereocenters. The molecule has 0 bridgehead atoms. The second-order valence-electron chi connectivity index (χ2n) is 6.44. The van der Waals surface area contributed by atoms with Gasteiger partial charge in [-0.1, -0.05) is 31.9 Å². The standard InChI is InChI=1S/C17H25N3O/c1-12-5-4-6-13(10-9-12)19-17(21)16-11-18-14-7-2-3-8-15(14)20-16/h2-3,7-8,12-13,16,18,20H,4-6,9-11H2,1H3,(H,19,21). The number of hydrogen-bond acceptors (Lipinski definition) is 3. The fraction of sp³-hybridized carbons (Fsp3) is 0.588. The first kappa shape index (κ1) is 14.2. The summed E-state index contributed by atoms with van der Waals surface area (Å²) in [6, 6.07) is 8.20. The lowest BCUT2D eigenvalue weighted by molar-refractivity contribution is -0.122. The van der Waals surface area contributed by atoms with E-state index < -0.39 is 0 Å². The normalized spacial score (nSPS) is 28.5. The minimum absolute atomic E-state index is 0.122. The molecule has 1 amide bonds. The Morgan fingerprint density at radius 3 is 2.81 bits per heavy atom. The Bertz CT molecular complexity index is 503. The summed E-state index contributed by atoms with van der Waals surface area (Å²) in [7, 11) is 0. The Morgan fingerprint density at radius 1 is 1.14 bits per heavy atom. The molecule has 3 unspecified atom stereocenters. The summed E-state index contributed by atoms with van der Waals surface area (Å²) in [5.74, 6) is 0.921. The summed E-state index contributed by atoms with van der Waals surface area (Å²) in [6.07, 6.45) is 5.98. The fourth-order valence-corrected chi connectivity index (χ4v) is 3.31. The maximum atomic E-state index is 12.5. The monoisotopic (exact) mass is 287 g/mol. The van der Waals surface area contributed by atoms with Gasteiger partial charge in [-0.2, -0.15) is 0 Å². The van der Waals surface area contributed by atoms with Crippen molar-refractivity contribution in [2.24, 2.45) is 5.92 Å². The van der Waals surface area contributed by atoms with Crippen molar-refractivity contribution >= 4 is 17.3 Å². The van der Waals surface area contributed by atoms with Gasteiger partial charge in [0.1, 0.15) is 6.04 Å². The molecule has 1 heterocycles. The Labute approximate surface area is 126 Å². The van der Waals surface area contributed by atoms with Crippen LogP contribution in [0.15, 0.2) is 24.3 Å². The maximum Gasteiger partial charge on any atom is 0.244 e. The van der Waals surface area contributed by atoms with Crippen molar-refractivity contribution in [2.75, 3.05) is 17.2 Å². The van der Waals surface area contributed by atoms with E-state index in [1.807, 2.05) is 24.3 Å². The predicted molar refractivity (Wildman–Crippen MR) is 86.5 cm³/mol. The zero-order chi connectivity index (χ0) is 14.7. The Kier molecular flexibility index (Phi) is 4.32. The molecule has 0 radical (unpaired) electrons. The summed E-state index contributed by atoms with van der Waals surface area (Å²) in [5, 5.41) is 9.90. The number of carbonyl (C=O) groups is 1. The average Bonchev–Trinajstić information content (AvgIpc) is 2.71. The highest BCUT2D eigenvalue weighted by Crippen LogP contribution is 2.26. The van der Waals surface area contributed by atoms with Crippen molar-refractivity contribution < 1.29 is 4.79 Å². The number of fused-ring (bicyclic) bond motifs is 1. The quantitative estimate of drug-likeness (QED) is 0.733. The third-order valence-electron chi connectivity index (χ3n) is 4.67. The van der Waals surface area contributed by atoms with Crippen molar-refractivity contribution in [1.82, 2.24) is 5.32 Å². The third-order valence-corrected chi connectivity index (χ3v) is 4.67. The maximum absolute atomic E-state index is 12.5. The minimum atomic E-state index is -0.180. The van der Waals surface area contributed by atoms with E-state index in [0.717, 1.165) is 30.1 Å². The highest BCUT2D eigenvalue weighted by atomic mass is 16.2. The number of amides is 1. The van der Waals surface area contributed by atoms with Crippen LogP contribution in [0.2, 0.25) is 0 Å². The van der Waals surface area contributed by atoms with Gasteiger partial charge >= 0.3 is 0 Å². The molecular formula is C17H25N3O. The van der Waals surface area contributed by atoms with Crippen molar-refractivity contribution in [3.05, 3.63) is 24.3 Å². The molecule has 0 aromatic heterocycles. The van der Waals surface area contributed by atoms with Crippen molar-refractivity contribution in [1.29, 1.82) is 0 Å². The van der Waals surface area contributed by atoms with Gasteiger partial charge in [-0.05, 0) is 37.3 Å². The lowest BCUT2D eigenvalue weighted by Gasteiger charge is -2.29. The van der Waals surface area contributed by atoms with Gasteiger partial charge in [-0.15, -0.1) is 0 Å². The Balaban J connectivity index is 1.57. The van der Waals surface area contributed by atoms with Gasteiger partial charge in [0.05, 0.1) is 11.4 Å². The van der Waals surface area contributed by atoms with E-state index >= 15 is 0 Å². The second kappa shape index (κ2) is 6.37. The Hall–Kier alpha value is -1.71. The SMILES string of the molecule is CC1CCCC(NC(=O)C2CNc3ccccc3N2)CC1. The van der Waals surface area contributed by atoms with Crippen molar-refractivity contribution in [3.8, 4) is 0 Å². The summed E-state index contributed by atoms with van der Waals surface area (Å²) in [5.41, 5.74) is 2.09. The van der Waals surface area contributed by atoms with Gasteiger partial charge in [0.15, 0.2) is 0 Å². The third kappa shape index (κ3) is 3.49. The van der Waals surface area contributed by atoms with Gasteiger partial charge in [-0.25, -0.2) is 0 Å². The second-order valence-corrected chi connectivity index (χ2v) is 6.44. The summed E-state index contributed by atoms with van der Waals surface area (Å²) >= 11 is 0. The molecule has 1 aromatic rings. The number of nitrogens with one attached hydrogen (secondary N) is 3. The number of carbonyl (C=O) groups excluding carboxylic acids is 1. The minimum Gasteiger partial charge on any atom is -0.381 e. The molecule has 1 saturated carbocycles. The van der Waals surface area contributed by atoms with Crippen LogP contribution in [0.3, 0.4) is 0 Å². The topological polar surface area (TPSA) is 53.2 Å².